The van der Waals surface area contributed by atoms with E-state index < -0.39 is 0 Å². The van der Waals surface area contributed by atoms with Gasteiger partial charge in [0.15, 0.2) is 0 Å². The summed E-state index contributed by atoms with van der Waals surface area (Å²) in [7, 11) is 2.08. The SMILES string of the molecule is CN(c1ccc(F)cc1)[C@H]1COC2(CCN(Cc3cnc[nH]3)CC2)C1. The third-order valence-electron chi connectivity index (χ3n) is 5.69. The summed E-state index contributed by atoms with van der Waals surface area (Å²) in [5, 5.41) is 0. The molecule has 1 N–H and O–H groups in total. The summed E-state index contributed by atoms with van der Waals surface area (Å²) in [4.78, 5) is 11.9. The third kappa shape index (κ3) is 3.55. The molecule has 3 heterocycles. The standard InChI is InChI=1S/C19H25FN4O/c1-23(17-4-2-15(20)3-5-17)18-10-19(25-13-18)6-8-24(9-7-19)12-16-11-21-14-22-16/h2-5,11,14,18H,6-10,12-13H2,1H3,(H,21,22)/t18-/m1/s1. The number of nitrogens with one attached hydrogen (secondary N) is 1. The quantitative estimate of drug-likeness (QED) is 0.926. The molecule has 2 aliphatic rings. The summed E-state index contributed by atoms with van der Waals surface area (Å²) in [5.41, 5.74) is 2.21. The van der Waals surface area contributed by atoms with Crippen LogP contribution in [0.25, 0.3) is 0 Å². The molecule has 0 amide bonds. The van der Waals surface area contributed by atoms with Crippen LogP contribution < -0.4 is 4.90 Å². The summed E-state index contributed by atoms with van der Waals surface area (Å²) in [6.07, 6.45) is 6.80. The van der Waals surface area contributed by atoms with Crippen LogP contribution in [0.1, 0.15) is 25.0 Å². The van der Waals surface area contributed by atoms with Crippen LogP contribution in [0.3, 0.4) is 0 Å². The van der Waals surface area contributed by atoms with E-state index in [9.17, 15) is 4.39 Å². The van der Waals surface area contributed by atoms with Gasteiger partial charge >= 0.3 is 0 Å². The summed E-state index contributed by atoms with van der Waals surface area (Å²) < 4.78 is 19.4. The van der Waals surface area contributed by atoms with Gasteiger partial charge in [0.1, 0.15) is 5.82 Å². The molecule has 0 bridgehead atoms. The average Bonchev–Trinajstić information content (AvgIpc) is 3.28. The average molecular weight is 344 g/mol. The van der Waals surface area contributed by atoms with Crippen molar-refractivity contribution in [3.8, 4) is 0 Å². The summed E-state index contributed by atoms with van der Waals surface area (Å²) >= 11 is 0. The highest BCUT2D eigenvalue weighted by Crippen LogP contribution is 2.38. The third-order valence-corrected chi connectivity index (χ3v) is 5.69. The molecule has 1 aromatic heterocycles. The number of ether oxygens (including phenoxy) is 1. The Labute approximate surface area is 147 Å². The molecular formula is C19H25FN4O. The van der Waals surface area contributed by atoms with Crippen molar-refractivity contribution in [3.63, 3.8) is 0 Å². The second kappa shape index (κ2) is 6.77. The number of anilines is 1. The Morgan fingerprint density at radius 3 is 2.76 bits per heavy atom. The molecule has 25 heavy (non-hydrogen) atoms. The van der Waals surface area contributed by atoms with E-state index in [1.54, 1.807) is 6.33 Å². The maximum atomic E-state index is 13.1. The Kier molecular flexibility index (Phi) is 4.48. The van der Waals surface area contributed by atoms with Crippen molar-refractivity contribution in [1.29, 1.82) is 0 Å². The van der Waals surface area contributed by atoms with Crippen molar-refractivity contribution in [2.45, 2.75) is 37.5 Å². The zero-order valence-electron chi connectivity index (χ0n) is 14.6. The van der Waals surface area contributed by atoms with Gasteiger partial charge in [-0.05, 0) is 43.5 Å². The van der Waals surface area contributed by atoms with E-state index >= 15 is 0 Å². The molecule has 134 valence electrons. The second-order valence-electron chi connectivity index (χ2n) is 7.29. The molecule has 5 nitrogen and oxygen atoms in total. The summed E-state index contributed by atoms with van der Waals surface area (Å²) in [6.45, 7) is 3.77. The van der Waals surface area contributed by atoms with Crippen LogP contribution in [0.2, 0.25) is 0 Å². The lowest BCUT2D eigenvalue weighted by molar-refractivity contribution is -0.0450. The van der Waals surface area contributed by atoms with Gasteiger partial charge in [0.2, 0.25) is 0 Å². The molecule has 0 saturated carbocycles. The minimum absolute atomic E-state index is 0.00342. The number of piperidine rings is 1. The van der Waals surface area contributed by atoms with Crippen LogP contribution >= 0.6 is 0 Å². The van der Waals surface area contributed by atoms with Crippen LogP contribution in [0.4, 0.5) is 10.1 Å². The number of benzene rings is 1. The van der Waals surface area contributed by atoms with E-state index in [2.05, 4.69) is 26.8 Å². The van der Waals surface area contributed by atoms with E-state index in [1.807, 2.05) is 18.3 Å². The number of likely N-dealkylation sites (N-methyl/N-ethyl adjacent to an activating group) is 1. The number of hydrogen-bond acceptors (Lipinski definition) is 4. The molecule has 6 heteroatoms. The van der Waals surface area contributed by atoms with Crippen LogP contribution in [-0.4, -0.2) is 53.3 Å². The van der Waals surface area contributed by atoms with Crippen molar-refractivity contribution >= 4 is 5.69 Å². The molecule has 4 rings (SSSR count). The molecule has 1 atom stereocenters. The van der Waals surface area contributed by atoms with E-state index in [1.165, 1.54) is 12.1 Å². The van der Waals surface area contributed by atoms with Gasteiger partial charge in [-0.25, -0.2) is 9.37 Å². The second-order valence-corrected chi connectivity index (χ2v) is 7.29. The zero-order chi connectivity index (χ0) is 17.3. The van der Waals surface area contributed by atoms with Gasteiger partial charge in [-0.15, -0.1) is 0 Å². The minimum Gasteiger partial charge on any atom is -0.373 e. The van der Waals surface area contributed by atoms with Crippen molar-refractivity contribution in [2.24, 2.45) is 0 Å². The fraction of sp³-hybridized carbons (Fsp3) is 0.526. The highest BCUT2D eigenvalue weighted by atomic mass is 19.1. The van der Waals surface area contributed by atoms with E-state index in [-0.39, 0.29) is 11.4 Å². The number of rotatable bonds is 4. The predicted molar refractivity (Wildman–Crippen MR) is 95.0 cm³/mol. The molecule has 2 aromatic rings. The highest BCUT2D eigenvalue weighted by molar-refractivity contribution is 5.46. The topological polar surface area (TPSA) is 44.4 Å². The molecule has 1 spiro atoms. The van der Waals surface area contributed by atoms with Gasteiger partial charge in [0.05, 0.1) is 24.6 Å². The maximum Gasteiger partial charge on any atom is 0.123 e. The number of likely N-dealkylation sites (tertiary alicyclic amines) is 1. The molecule has 2 fully saturated rings. The molecule has 0 unspecified atom stereocenters. The molecule has 2 aliphatic heterocycles. The van der Waals surface area contributed by atoms with Crippen molar-refractivity contribution in [2.75, 3.05) is 31.6 Å². The maximum absolute atomic E-state index is 13.1. The van der Waals surface area contributed by atoms with Gasteiger partial charge in [-0.2, -0.15) is 0 Å². The summed E-state index contributed by atoms with van der Waals surface area (Å²) in [6, 6.07) is 7.07. The minimum atomic E-state index is -0.194. The first-order valence-electron chi connectivity index (χ1n) is 8.96. The zero-order valence-corrected chi connectivity index (χ0v) is 14.6. The highest BCUT2D eigenvalue weighted by Gasteiger charge is 2.43. The number of halogens is 1. The predicted octanol–water partition coefficient (Wildman–Crippen LogP) is 2.81. The first-order valence-corrected chi connectivity index (χ1v) is 8.96. The molecule has 0 aliphatic carbocycles. The Morgan fingerprint density at radius 2 is 2.08 bits per heavy atom. The first-order chi connectivity index (χ1) is 12.1. The van der Waals surface area contributed by atoms with E-state index in [0.717, 1.165) is 56.9 Å². The number of nitrogens with zero attached hydrogens (tertiary/aromatic N) is 3. The fourth-order valence-corrected chi connectivity index (χ4v) is 4.04. The lowest BCUT2D eigenvalue weighted by Gasteiger charge is -2.38. The van der Waals surface area contributed by atoms with Crippen molar-refractivity contribution in [1.82, 2.24) is 14.9 Å². The lowest BCUT2D eigenvalue weighted by Crippen LogP contribution is -2.44. The molecule has 1 aromatic carbocycles. The van der Waals surface area contributed by atoms with Crippen molar-refractivity contribution in [3.05, 3.63) is 48.3 Å². The first kappa shape index (κ1) is 16.5. The number of imidazole rings is 1. The number of aromatic nitrogens is 2. The van der Waals surface area contributed by atoms with Gasteiger partial charge in [0, 0.05) is 44.3 Å². The number of hydrogen-bond donors (Lipinski definition) is 1. The molecule has 2 saturated heterocycles. The van der Waals surface area contributed by atoms with Gasteiger partial charge in [0.25, 0.3) is 0 Å². The van der Waals surface area contributed by atoms with Crippen LogP contribution in [0.5, 0.6) is 0 Å². The Balaban J connectivity index is 1.33. The Hall–Kier alpha value is -1.92. The number of H-pyrrole nitrogens is 1. The van der Waals surface area contributed by atoms with Crippen LogP contribution in [0, 0.1) is 5.82 Å². The van der Waals surface area contributed by atoms with E-state index in [0.29, 0.717) is 6.04 Å². The molecular weight excluding hydrogens is 319 g/mol. The molecule has 0 radical (unpaired) electrons. The van der Waals surface area contributed by atoms with E-state index in [4.69, 9.17) is 4.74 Å². The van der Waals surface area contributed by atoms with Gasteiger partial charge < -0.3 is 14.6 Å². The van der Waals surface area contributed by atoms with Gasteiger partial charge in [-0.3, -0.25) is 4.90 Å². The Bertz CT molecular complexity index is 680. The smallest absolute Gasteiger partial charge is 0.123 e. The Morgan fingerprint density at radius 1 is 1.32 bits per heavy atom. The summed E-state index contributed by atoms with van der Waals surface area (Å²) in [5.74, 6) is -0.194. The normalized spacial score (nSPS) is 23.2. The monoisotopic (exact) mass is 344 g/mol. The lowest BCUT2D eigenvalue weighted by atomic mass is 9.87. The number of aromatic amines is 1. The largest absolute Gasteiger partial charge is 0.373 e. The van der Waals surface area contributed by atoms with Gasteiger partial charge in [-0.1, -0.05) is 0 Å². The fourth-order valence-electron chi connectivity index (χ4n) is 4.04. The van der Waals surface area contributed by atoms with Crippen molar-refractivity contribution < 1.29 is 9.13 Å². The van der Waals surface area contributed by atoms with Crippen LogP contribution in [-0.2, 0) is 11.3 Å². The van der Waals surface area contributed by atoms with Crippen LogP contribution in [0.15, 0.2) is 36.8 Å².